The topological polar surface area (TPSA) is 59.8 Å². The fourth-order valence-corrected chi connectivity index (χ4v) is 2.91. The van der Waals surface area contributed by atoms with E-state index in [1.165, 1.54) is 5.39 Å². The molecular formula is C21H18N4O. The van der Waals surface area contributed by atoms with Gasteiger partial charge in [0.2, 0.25) is 5.91 Å². The molecule has 1 amide bonds. The smallest absolute Gasteiger partial charge is 0.226 e. The lowest BCUT2D eigenvalue weighted by Crippen LogP contribution is -2.14. The van der Waals surface area contributed by atoms with Crippen LogP contribution >= 0.6 is 0 Å². The second-order valence-corrected chi connectivity index (χ2v) is 6.03. The van der Waals surface area contributed by atoms with Crippen LogP contribution in [0.1, 0.15) is 6.42 Å². The minimum absolute atomic E-state index is 0.0566. The number of carbonyl (C=O) groups is 1. The number of amides is 1. The maximum Gasteiger partial charge on any atom is 0.226 e. The third-order valence-electron chi connectivity index (χ3n) is 4.23. The zero-order chi connectivity index (χ0) is 17.8. The quantitative estimate of drug-likeness (QED) is 0.593. The molecule has 26 heavy (non-hydrogen) atoms. The van der Waals surface area contributed by atoms with Gasteiger partial charge in [-0.1, -0.05) is 48.5 Å². The number of anilines is 1. The fourth-order valence-electron chi connectivity index (χ4n) is 2.91. The second kappa shape index (κ2) is 7.19. The van der Waals surface area contributed by atoms with Gasteiger partial charge >= 0.3 is 0 Å². The van der Waals surface area contributed by atoms with Crippen LogP contribution in [0.4, 0.5) is 5.69 Å². The molecule has 4 rings (SSSR count). The van der Waals surface area contributed by atoms with Crippen molar-refractivity contribution in [3.8, 4) is 11.4 Å². The summed E-state index contributed by atoms with van der Waals surface area (Å²) in [6, 6.07) is 19.9. The van der Waals surface area contributed by atoms with Crippen LogP contribution in [-0.4, -0.2) is 20.4 Å². The van der Waals surface area contributed by atoms with Crippen molar-refractivity contribution < 1.29 is 4.79 Å². The van der Waals surface area contributed by atoms with Gasteiger partial charge in [-0.15, -0.1) is 0 Å². The molecule has 2 aromatic heterocycles. The third kappa shape index (κ3) is 3.47. The third-order valence-corrected chi connectivity index (χ3v) is 4.23. The Morgan fingerprint density at radius 1 is 0.923 bits per heavy atom. The van der Waals surface area contributed by atoms with E-state index in [4.69, 9.17) is 0 Å². The normalized spacial score (nSPS) is 10.8. The monoisotopic (exact) mass is 342 g/mol. The molecular weight excluding hydrogens is 324 g/mol. The number of nitrogens with zero attached hydrogens (tertiary/aromatic N) is 3. The first-order valence-electron chi connectivity index (χ1n) is 8.51. The minimum atomic E-state index is -0.0566. The van der Waals surface area contributed by atoms with E-state index in [0.717, 1.165) is 11.1 Å². The lowest BCUT2D eigenvalue weighted by Gasteiger charge is -2.07. The van der Waals surface area contributed by atoms with E-state index in [0.29, 0.717) is 24.5 Å². The Morgan fingerprint density at radius 3 is 2.46 bits per heavy atom. The van der Waals surface area contributed by atoms with E-state index in [2.05, 4.69) is 38.1 Å². The van der Waals surface area contributed by atoms with Crippen molar-refractivity contribution in [2.24, 2.45) is 0 Å². The molecule has 0 saturated carbocycles. The van der Waals surface area contributed by atoms with Crippen LogP contribution in [-0.2, 0) is 11.3 Å². The first-order valence-corrected chi connectivity index (χ1v) is 8.51. The fraction of sp³-hybridized carbons (Fsp3) is 0.0952. The zero-order valence-corrected chi connectivity index (χ0v) is 14.2. The van der Waals surface area contributed by atoms with E-state index < -0.39 is 0 Å². The molecule has 0 aliphatic heterocycles. The second-order valence-electron chi connectivity index (χ2n) is 6.03. The van der Waals surface area contributed by atoms with Crippen molar-refractivity contribution in [3.05, 3.63) is 79.3 Å². The molecule has 4 aromatic rings. The Morgan fingerprint density at radius 2 is 1.65 bits per heavy atom. The Labute approximate surface area is 151 Å². The molecule has 0 unspecified atom stereocenters. The molecule has 0 bridgehead atoms. The number of para-hydroxylation sites is 1. The highest BCUT2D eigenvalue weighted by atomic mass is 16.1. The van der Waals surface area contributed by atoms with Gasteiger partial charge in [0, 0.05) is 30.2 Å². The number of benzene rings is 2. The Balaban J connectivity index is 1.37. The predicted molar refractivity (Wildman–Crippen MR) is 103 cm³/mol. The number of nitrogens with one attached hydrogen (secondary N) is 1. The molecule has 1 N–H and O–H groups in total. The van der Waals surface area contributed by atoms with Gasteiger partial charge in [-0.25, -0.2) is 9.97 Å². The maximum absolute atomic E-state index is 12.2. The van der Waals surface area contributed by atoms with Gasteiger partial charge in [0.05, 0.1) is 18.1 Å². The number of hydrogen-bond donors (Lipinski definition) is 1. The summed E-state index contributed by atoms with van der Waals surface area (Å²) in [6.45, 7) is 0.627. The van der Waals surface area contributed by atoms with Crippen molar-refractivity contribution in [3.63, 3.8) is 0 Å². The first-order chi connectivity index (χ1) is 12.8. The van der Waals surface area contributed by atoms with Crippen molar-refractivity contribution in [2.45, 2.75) is 13.0 Å². The van der Waals surface area contributed by atoms with Crippen LogP contribution in [0.15, 0.2) is 79.3 Å². The average molecular weight is 342 g/mol. The van der Waals surface area contributed by atoms with Crippen LogP contribution < -0.4 is 5.32 Å². The van der Waals surface area contributed by atoms with E-state index in [-0.39, 0.29) is 5.91 Å². The van der Waals surface area contributed by atoms with Gasteiger partial charge in [0.15, 0.2) is 5.82 Å². The summed E-state index contributed by atoms with van der Waals surface area (Å²) in [5, 5.41) is 4.03. The van der Waals surface area contributed by atoms with E-state index in [9.17, 15) is 4.79 Å². The molecule has 0 saturated heterocycles. The van der Waals surface area contributed by atoms with Crippen LogP contribution in [0.2, 0.25) is 0 Å². The van der Waals surface area contributed by atoms with Crippen LogP contribution in [0.5, 0.6) is 0 Å². The summed E-state index contributed by atoms with van der Waals surface area (Å²) in [4.78, 5) is 20.9. The van der Waals surface area contributed by atoms with Gasteiger partial charge in [-0.2, -0.15) is 0 Å². The number of hydrogen-bond acceptors (Lipinski definition) is 3. The van der Waals surface area contributed by atoms with Gasteiger partial charge in [0.1, 0.15) is 0 Å². The molecule has 0 radical (unpaired) electrons. The number of aryl methyl sites for hydroxylation is 1. The molecule has 0 aliphatic rings. The molecule has 128 valence electrons. The Hall–Kier alpha value is -3.47. The molecule has 2 heterocycles. The number of fused-ring (bicyclic) bond motifs is 1. The number of carbonyl (C=O) groups excluding carboxylic acids is 1. The maximum atomic E-state index is 12.2. The lowest BCUT2D eigenvalue weighted by molar-refractivity contribution is -0.116. The molecule has 5 heteroatoms. The van der Waals surface area contributed by atoms with Gasteiger partial charge in [0.25, 0.3) is 0 Å². The standard InChI is InChI=1S/C21H18N4O/c26-20(11-13-25-12-10-16-6-4-5-9-19(16)25)24-18-14-22-21(23-15-18)17-7-2-1-3-8-17/h1-10,12,14-15H,11,13H2,(H,24,26). The van der Waals surface area contributed by atoms with Gasteiger partial charge in [-0.3, -0.25) is 4.79 Å². The molecule has 0 fully saturated rings. The highest BCUT2D eigenvalue weighted by Gasteiger charge is 2.06. The van der Waals surface area contributed by atoms with Crippen molar-refractivity contribution in [1.82, 2.24) is 14.5 Å². The van der Waals surface area contributed by atoms with Crippen LogP contribution in [0, 0.1) is 0 Å². The van der Waals surface area contributed by atoms with E-state index >= 15 is 0 Å². The summed E-state index contributed by atoms with van der Waals surface area (Å²) in [7, 11) is 0. The Kier molecular flexibility index (Phi) is 4.43. The molecule has 2 aromatic carbocycles. The SMILES string of the molecule is O=C(CCn1ccc2ccccc21)Nc1cnc(-c2ccccc2)nc1. The van der Waals surface area contributed by atoms with Gasteiger partial charge < -0.3 is 9.88 Å². The van der Waals surface area contributed by atoms with E-state index in [1.54, 1.807) is 12.4 Å². The summed E-state index contributed by atoms with van der Waals surface area (Å²) in [5.74, 6) is 0.584. The zero-order valence-electron chi connectivity index (χ0n) is 14.2. The number of rotatable bonds is 5. The molecule has 0 spiro atoms. The Bertz CT molecular complexity index is 1020. The summed E-state index contributed by atoms with van der Waals surface area (Å²) >= 11 is 0. The highest BCUT2D eigenvalue weighted by molar-refractivity contribution is 5.90. The first kappa shape index (κ1) is 16.0. The highest BCUT2D eigenvalue weighted by Crippen LogP contribution is 2.16. The van der Waals surface area contributed by atoms with Gasteiger partial charge in [-0.05, 0) is 17.5 Å². The van der Waals surface area contributed by atoms with Crippen molar-refractivity contribution >= 4 is 22.5 Å². The predicted octanol–water partition coefficient (Wildman–Crippen LogP) is 4.13. The summed E-state index contributed by atoms with van der Waals surface area (Å²) in [5.41, 5.74) is 2.69. The molecule has 5 nitrogen and oxygen atoms in total. The number of aromatic nitrogens is 3. The largest absolute Gasteiger partial charge is 0.347 e. The summed E-state index contributed by atoms with van der Waals surface area (Å²) < 4.78 is 2.09. The van der Waals surface area contributed by atoms with Crippen LogP contribution in [0.25, 0.3) is 22.3 Å². The van der Waals surface area contributed by atoms with Crippen molar-refractivity contribution in [2.75, 3.05) is 5.32 Å². The average Bonchev–Trinajstić information content (AvgIpc) is 3.11. The minimum Gasteiger partial charge on any atom is -0.347 e. The van der Waals surface area contributed by atoms with Crippen LogP contribution in [0.3, 0.4) is 0 Å². The summed E-state index contributed by atoms with van der Waals surface area (Å²) in [6.07, 6.45) is 5.67. The molecule has 0 atom stereocenters. The van der Waals surface area contributed by atoms with Crippen molar-refractivity contribution in [1.29, 1.82) is 0 Å². The lowest BCUT2D eigenvalue weighted by atomic mass is 10.2. The van der Waals surface area contributed by atoms with E-state index in [1.807, 2.05) is 48.7 Å². The molecule has 0 aliphatic carbocycles.